The Bertz CT molecular complexity index is 399. The van der Waals surface area contributed by atoms with E-state index in [4.69, 9.17) is 0 Å². The Balaban J connectivity index is 2.42. The van der Waals surface area contributed by atoms with E-state index < -0.39 is 0 Å². The van der Waals surface area contributed by atoms with Crippen LogP contribution in [0.3, 0.4) is 0 Å². The summed E-state index contributed by atoms with van der Waals surface area (Å²) in [5, 5.41) is 0. The molecule has 0 saturated carbocycles. The van der Waals surface area contributed by atoms with Gasteiger partial charge in [-0.2, -0.15) is 0 Å². The first-order valence-electron chi connectivity index (χ1n) is 6.35. The van der Waals surface area contributed by atoms with Crippen molar-refractivity contribution in [2.45, 2.75) is 39.5 Å². The van der Waals surface area contributed by atoms with E-state index in [1.807, 2.05) is 19.1 Å². The van der Waals surface area contributed by atoms with Crippen LogP contribution in [0.5, 0.6) is 0 Å². The van der Waals surface area contributed by atoms with Gasteiger partial charge in [0, 0.05) is 12.0 Å². The van der Waals surface area contributed by atoms with E-state index in [0.717, 1.165) is 19.3 Å². The zero-order valence-electron chi connectivity index (χ0n) is 11.0. The lowest BCUT2D eigenvalue weighted by molar-refractivity contribution is -0.121. The lowest BCUT2D eigenvalue weighted by atomic mass is 10.1. The van der Waals surface area contributed by atoms with E-state index in [-0.39, 0.29) is 11.8 Å². The van der Waals surface area contributed by atoms with Gasteiger partial charge >= 0.3 is 0 Å². The van der Waals surface area contributed by atoms with E-state index in [1.165, 1.54) is 5.56 Å². The van der Waals surface area contributed by atoms with Crippen LogP contribution in [-0.2, 0) is 11.2 Å². The molecule has 98 valence electrons. The molecule has 0 aromatic heterocycles. The predicted octanol–water partition coefficient (Wildman–Crippen LogP) is 2.20. The number of carbonyl (C=O) groups excluding carboxylic acids is 2. The van der Waals surface area contributed by atoms with Crippen molar-refractivity contribution in [2.24, 2.45) is 0 Å². The molecule has 1 aromatic carbocycles. The second kappa shape index (κ2) is 7.48. The van der Waals surface area contributed by atoms with Gasteiger partial charge in [0.2, 0.25) is 5.91 Å². The van der Waals surface area contributed by atoms with Crippen molar-refractivity contribution in [3.8, 4) is 0 Å². The van der Waals surface area contributed by atoms with Gasteiger partial charge in [-0.15, -0.1) is 0 Å². The number of nitrogens with one attached hydrogen (secondary N) is 2. The Morgan fingerprint density at radius 3 is 2.28 bits per heavy atom. The van der Waals surface area contributed by atoms with Gasteiger partial charge in [-0.25, -0.2) is 0 Å². The molecule has 0 heterocycles. The van der Waals surface area contributed by atoms with Gasteiger partial charge in [0.1, 0.15) is 0 Å². The summed E-state index contributed by atoms with van der Waals surface area (Å²) in [4.78, 5) is 23.0. The van der Waals surface area contributed by atoms with E-state index in [0.29, 0.717) is 12.0 Å². The zero-order chi connectivity index (χ0) is 13.4. The molecule has 0 aliphatic rings. The third-order valence-corrected chi connectivity index (χ3v) is 2.70. The van der Waals surface area contributed by atoms with Crippen LogP contribution in [-0.4, -0.2) is 11.8 Å². The molecule has 2 N–H and O–H groups in total. The quantitative estimate of drug-likeness (QED) is 0.785. The average molecular weight is 248 g/mol. The van der Waals surface area contributed by atoms with Gasteiger partial charge in [0.25, 0.3) is 5.91 Å². The predicted molar refractivity (Wildman–Crippen MR) is 71.0 cm³/mol. The van der Waals surface area contributed by atoms with Gasteiger partial charge in [-0.05, 0) is 30.5 Å². The summed E-state index contributed by atoms with van der Waals surface area (Å²) in [6.45, 7) is 4.07. The number of hydrazine groups is 1. The lowest BCUT2D eigenvalue weighted by Crippen LogP contribution is -2.41. The van der Waals surface area contributed by atoms with E-state index in [1.54, 1.807) is 12.1 Å². The first kappa shape index (κ1) is 14.2. The van der Waals surface area contributed by atoms with Crippen LogP contribution in [0.4, 0.5) is 0 Å². The summed E-state index contributed by atoms with van der Waals surface area (Å²) in [6, 6.07) is 7.33. The first-order valence-corrected chi connectivity index (χ1v) is 6.35. The van der Waals surface area contributed by atoms with Crippen LogP contribution in [0.2, 0.25) is 0 Å². The van der Waals surface area contributed by atoms with Gasteiger partial charge in [-0.1, -0.05) is 32.4 Å². The molecule has 0 unspecified atom stereocenters. The molecular formula is C14H20N2O2. The highest BCUT2D eigenvalue weighted by atomic mass is 16.2. The van der Waals surface area contributed by atoms with Crippen LogP contribution in [0.25, 0.3) is 0 Å². The third-order valence-electron chi connectivity index (χ3n) is 2.70. The Hall–Kier alpha value is -1.84. The number of rotatable bonds is 5. The van der Waals surface area contributed by atoms with E-state index in [2.05, 4.69) is 17.8 Å². The Morgan fingerprint density at radius 2 is 1.72 bits per heavy atom. The maximum atomic E-state index is 11.7. The molecule has 4 nitrogen and oxygen atoms in total. The standard InChI is InChI=1S/C14H20N2O2/c1-3-5-6-13(17)15-16-14(18)12-9-7-11(4-2)8-10-12/h7-10H,3-6H2,1-2H3,(H,15,17)(H,16,18). The van der Waals surface area contributed by atoms with Crippen LogP contribution in [0.15, 0.2) is 24.3 Å². The maximum Gasteiger partial charge on any atom is 0.269 e. The van der Waals surface area contributed by atoms with Gasteiger partial charge in [0.05, 0.1) is 0 Å². The second-order valence-corrected chi connectivity index (χ2v) is 4.16. The maximum absolute atomic E-state index is 11.7. The fourth-order valence-electron chi connectivity index (χ4n) is 1.49. The smallest absolute Gasteiger partial charge is 0.269 e. The van der Waals surface area contributed by atoms with Crippen LogP contribution in [0.1, 0.15) is 49.0 Å². The number of amides is 2. The van der Waals surface area contributed by atoms with Crippen molar-refractivity contribution in [3.05, 3.63) is 35.4 Å². The normalized spacial score (nSPS) is 9.89. The lowest BCUT2D eigenvalue weighted by Gasteiger charge is -2.07. The topological polar surface area (TPSA) is 58.2 Å². The summed E-state index contributed by atoms with van der Waals surface area (Å²) in [5.74, 6) is -0.446. The van der Waals surface area contributed by atoms with Crippen LogP contribution in [0, 0.1) is 0 Å². The summed E-state index contributed by atoms with van der Waals surface area (Å²) in [6.07, 6.45) is 3.16. The van der Waals surface area contributed by atoms with Gasteiger partial charge in [-0.3, -0.25) is 20.4 Å². The fourth-order valence-corrected chi connectivity index (χ4v) is 1.49. The number of hydrogen-bond acceptors (Lipinski definition) is 2. The van der Waals surface area contributed by atoms with Crippen LogP contribution >= 0.6 is 0 Å². The zero-order valence-corrected chi connectivity index (χ0v) is 11.0. The largest absolute Gasteiger partial charge is 0.273 e. The average Bonchev–Trinajstić information content (AvgIpc) is 2.42. The summed E-state index contributed by atoms with van der Waals surface area (Å²) < 4.78 is 0. The third kappa shape index (κ3) is 4.57. The molecule has 0 aliphatic carbocycles. The van der Waals surface area contributed by atoms with Crippen molar-refractivity contribution in [1.82, 2.24) is 10.9 Å². The minimum atomic E-state index is -0.289. The Kier molecular flexibility index (Phi) is 5.91. The number of benzene rings is 1. The van der Waals surface area contributed by atoms with Crippen LogP contribution < -0.4 is 10.9 Å². The molecule has 0 aliphatic heterocycles. The number of carbonyl (C=O) groups is 2. The van der Waals surface area contributed by atoms with Crippen molar-refractivity contribution >= 4 is 11.8 Å². The summed E-state index contributed by atoms with van der Waals surface area (Å²) in [7, 11) is 0. The molecule has 0 bridgehead atoms. The molecule has 0 spiro atoms. The fraction of sp³-hybridized carbons (Fsp3) is 0.429. The monoisotopic (exact) mass is 248 g/mol. The molecule has 18 heavy (non-hydrogen) atoms. The molecule has 2 amide bonds. The SMILES string of the molecule is CCCCC(=O)NNC(=O)c1ccc(CC)cc1. The number of aryl methyl sites for hydroxylation is 1. The van der Waals surface area contributed by atoms with E-state index in [9.17, 15) is 9.59 Å². The van der Waals surface area contributed by atoms with Crippen molar-refractivity contribution in [3.63, 3.8) is 0 Å². The number of hydrogen-bond donors (Lipinski definition) is 2. The molecule has 0 fully saturated rings. The molecule has 0 saturated heterocycles. The molecule has 1 aromatic rings. The van der Waals surface area contributed by atoms with Gasteiger partial charge in [0.15, 0.2) is 0 Å². The minimum absolute atomic E-state index is 0.157. The Morgan fingerprint density at radius 1 is 1.06 bits per heavy atom. The highest BCUT2D eigenvalue weighted by molar-refractivity contribution is 5.95. The number of unbranched alkanes of at least 4 members (excludes halogenated alkanes) is 1. The molecule has 0 atom stereocenters. The Labute approximate surface area is 108 Å². The van der Waals surface area contributed by atoms with Gasteiger partial charge < -0.3 is 0 Å². The minimum Gasteiger partial charge on any atom is -0.273 e. The summed E-state index contributed by atoms with van der Waals surface area (Å²) >= 11 is 0. The summed E-state index contributed by atoms with van der Waals surface area (Å²) in [5.41, 5.74) is 6.54. The highest BCUT2D eigenvalue weighted by Gasteiger charge is 2.06. The van der Waals surface area contributed by atoms with E-state index >= 15 is 0 Å². The first-order chi connectivity index (χ1) is 8.67. The van der Waals surface area contributed by atoms with Crippen molar-refractivity contribution < 1.29 is 9.59 Å². The molecule has 1 rings (SSSR count). The molecular weight excluding hydrogens is 228 g/mol. The molecule has 4 heteroatoms. The second-order valence-electron chi connectivity index (χ2n) is 4.16. The highest BCUT2D eigenvalue weighted by Crippen LogP contribution is 2.04. The van der Waals surface area contributed by atoms with Crippen molar-refractivity contribution in [1.29, 1.82) is 0 Å². The van der Waals surface area contributed by atoms with Crippen molar-refractivity contribution in [2.75, 3.05) is 0 Å². The molecule has 0 radical (unpaired) electrons.